The van der Waals surface area contributed by atoms with Gasteiger partial charge in [0.25, 0.3) is 5.91 Å². The van der Waals surface area contributed by atoms with Crippen LogP contribution in [-0.2, 0) is 6.61 Å². The van der Waals surface area contributed by atoms with Gasteiger partial charge < -0.3 is 4.74 Å². The zero-order chi connectivity index (χ0) is 17.3. The summed E-state index contributed by atoms with van der Waals surface area (Å²) >= 11 is 0. The van der Waals surface area contributed by atoms with E-state index in [0.29, 0.717) is 12.3 Å². The van der Waals surface area contributed by atoms with Gasteiger partial charge in [-0.15, -0.1) is 0 Å². The van der Waals surface area contributed by atoms with E-state index in [-0.39, 0.29) is 5.91 Å². The normalized spacial score (nSPS) is 10.6. The molecule has 5 heteroatoms. The summed E-state index contributed by atoms with van der Waals surface area (Å²) < 4.78 is 5.73. The first-order valence-corrected chi connectivity index (χ1v) is 7.82. The molecule has 0 aliphatic rings. The predicted octanol–water partition coefficient (Wildman–Crippen LogP) is 3.42. The van der Waals surface area contributed by atoms with Crippen LogP contribution >= 0.6 is 0 Å². The first-order valence-electron chi connectivity index (χ1n) is 7.82. The Labute approximate surface area is 146 Å². The molecule has 0 saturated heterocycles. The number of nitrogens with one attached hydrogen (secondary N) is 1. The summed E-state index contributed by atoms with van der Waals surface area (Å²) in [5, 5.41) is 3.94. The maximum Gasteiger partial charge on any atom is 0.289 e. The largest absolute Gasteiger partial charge is 0.489 e. The van der Waals surface area contributed by atoms with Gasteiger partial charge in [0.1, 0.15) is 18.1 Å². The van der Waals surface area contributed by atoms with Gasteiger partial charge in [0.15, 0.2) is 0 Å². The Kier molecular flexibility index (Phi) is 5.51. The Balaban J connectivity index is 1.51. The van der Waals surface area contributed by atoms with E-state index < -0.39 is 0 Å². The summed E-state index contributed by atoms with van der Waals surface area (Å²) in [6.45, 7) is 0.522. The number of amides is 1. The number of rotatable bonds is 6. The molecule has 0 radical (unpaired) electrons. The summed E-state index contributed by atoms with van der Waals surface area (Å²) in [6, 6.07) is 22.6. The molecule has 1 N–H and O–H groups in total. The van der Waals surface area contributed by atoms with E-state index in [1.807, 2.05) is 54.6 Å². The van der Waals surface area contributed by atoms with Gasteiger partial charge in [-0.05, 0) is 47.5 Å². The first-order chi connectivity index (χ1) is 12.3. The molecule has 124 valence electrons. The Morgan fingerprint density at radius 2 is 1.76 bits per heavy atom. The van der Waals surface area contributed by atoms with Crippen molar-refractivity contribution in [2.24, 2.45) is 5.10 Å². The molecule has 3 rings (SSSR count). The van der Waals surface area contributed by atoms with Gasteiger partial charge in [0, 0.05) is 6.20 Å². The third-order valence-corrected chi connectivity index (χ3v) is 3.41. The van der Waals surface area contributed by atoms with E-state index in [1.54, 1.807) is 30.6 Å². The quantitative estimate of drug-likeness (QED) is 0.556. The lowest BCUT2D eigenvalue weighted by Gasteiger charge is -2.06. The molecule has 1 amide bonds. The minimum Gasteiger partial charge on any atom is -0.489 e. The Bertz CT molecular complexity index is 832. The van der Waals surface area contributed by atoms with Crippen molar-refractivity contribution in [3.8, 4) is 5.75 Å². The fraction of sp³-hybridized carbons (Fsp3) is 0.0500. The molecule has 0 fully saturated rings. The van der Waals surface area contributed by atoms with E-state index in [4.69, 9.17) is 4.74 Å². The number of benzene rings is 2. The Hall–Kier alpha value is -3.47. The molecule has 1 heterocycles. The van der Waals surface area contributed by atoms with Crippen molar-refractivity contribution in [2.45, 2.75) is 6.61 Å². The molecule has 0 aliphatic heterocycles. The second-order valence-corrected chi connectivity index (χ2v) is 5.26. The van der Waals surface area contributed by atoms with Crippen LogP contribution in [-0.4, -0.2) is 17.1 Å². The second kappa shape index (κ2) is 8.40. The molecular formula is C20H17N3O2. The molecule has 0 bridgehead atoms. The van der Waals surface area contributed by atoms with Crippen molar-refractivity contribution in [1.29, 1.82) is 0 Å². The van der Waals surface area contributed by atoms with Crippen LogP contribution in [0.1, 0.15) is 21.6 Å². The number of pyridine rings is 1. The second-order valence-electron chi connectivity index (χ2n) is 5.26. The van der Waals surface area contributed by atoms with Crippen LogP contribution in [0.15, 0.2) is 84.1 Å². The highest BCUT2D eigenvalue weighted by molar-refractivity contribution is 5.93. The lowest BCUT2D eigenvalue weighted by atomic mass is 10.2. The zero-order valence-corrected chi connectivity index (χ0v) is 13.5. The molecule has 2 aromatic carbocycles. The molecule has 0 unspecified atom stereocenters. The lowest BCUT2D eigenvalue weighted by Crippen LogP contribution is -2.18. The number of ether oxygens (including phenoxy) is 1. The Morgan fingerprint density at radius 3 is 2.48 bits per heavy atom. The van der Waals surface area contributed by atoms with Crippen LogP contribution in [0.25, 0.3) is 0 Å². The Morgan fingerprint density at radius 1 is 1.00 bits per heavy atom. The highest BCUT2D eigenvalue weighted by Gasteiger charge is 2.03. The highest BCUT2D eigenvalue weighted by Crippen LogP contribution is 2.13. The standard InChI is InChI=1S/C20H17N3O2/c24-20(19-8-4-5-13-21-19)23-22-14-16-9-11-18(12-10-16)25-15-17-6-2-1-3-7-17/h1-14H,15H2,(H,23,24). The van der Waals surface area contributed by atoms with E-state index in [9.17, 15) is 4.79 Å². The van der Waals surface area contributed by atoms with Gasteiger partial charge in [0.2, 0.25) is 0 Å². The summed E-state index contributed by atoms with van der Waals surface area (Å²) in [7, 11) is 0. The monoisotopic (exact) mass is 331 g/mol. The van der Waals surface area contributed by atoms with Crippen molar-refractivity contribution in [2.75, 3.05) is 0 Å². The smallest absolute Gasteiger partial charge is 0.289 e. The average molecular weight is 331 g/mol. The van der Waals surface area contributed by atoms with Crippen LogP contribution in [0.2, 0.25) is 0 Å². The van der Waals surface area contributed by atoms with Crippen molar-refractivity contribution in [3.05, 3.63) is 95.8 Å². The molecule has 25 heavy (non-hydrogen) atoms. The molecule has 5 nitrogen and oxygen atoms in total. The number of nitrogens with zero attached hydrogens (tertiary/aromatic N) is 2. The van der Waals surface area contributed by atoms with Gasteiger partial charge in [-0.1, -0.05) is 36.4 Å². The number of carbonyl (C=O) groups is 1. The number of hydrogen-bond acceptors (Lipinski definition) is 4. The fourth-order valence-corrected chi connectivity index (χ4v) is 2.11. The summed E-state index contributed by atoms with van der Waals surface area (Å²) in [4.78, 5) is 15.8. The van der Waals surface area contributed by atoms with E-state index in [0.717, 1.165) is 16.9 Å². The van der Waals surface area contributed by atoms with Gasteiger partial charge in [-0.25, -0.2) is 5.43 Å². The molecule has 3 aromatic rings. The highest BCUT2D eigenvalue weighted by atomic mass is 16.5. The predicted molar refractivity (Wildman–Crippen MR) is 96.5 cm³/mol. The van der Waals surface area contributed by atoms with Crippen molar-refractivity contribution in [3.63, 3.8) is 0 Å². The molecule has 1 aromatic heterocycles. The van der Waals surface area contributed by atoms with Crippen LogP contribution in [0, 0.1) is 0 Å². The number of hydrazone groups is 1. The van der Waals surface area contributed by atoms with E-state index in [1.165, 1.54) is 0 Å². The van der Waals surface area contributed by atoms with Crippen LogP contribution in [0.5, 0.6) is 5.75 Å². The average Bonchev–Trinajstić information content (AvgIpc) is 2.69. The van der Waals surface area contributed by atoms with Crippen LogP contribution in [0.4, 0.5) is 0 Å². The molecule has 0 saturated carbocycles. The third-order valence-electron chi connectivity index (χ3n) is 3.41. The first kappa shape index (κ1) is 16.4. The molecule has 0 atom stereocenters. The zero-order valence-electron chi connectivity index (χ0n) is 13.5. The lowest BCUT2D eigenvalue weighted by molar-refractivity contribution is 0.0950. The summed E-state index contributed by atoms with van der Waals surface area (Å²) in [5.41, 5.74) is 4.74. The number of aromatic nitrogens is 1. The van der Waals surface area contributed by atoms with E-state index in [2.05, 4.69) is 15.5 Å². The SMILES string of the molecule is O=C(NN=Cc1ccc(OCc2ccccc2)cc1)c1ccccn1. The minimum absolute atomic E-state index is 0.323. The van der Waals surface area contributed by atoms with Crippen molar-refractivity contribution in [1.82, 2.24) is 10.4 Å². The fourth-order valence-electron chi connectivity index (χ4n) is 2.11. The van der Waals surface area contributed by atoms with Gasteiger partial charge in [-0.3, -0.25) is 9.78 Å². The molecule has 0 aliphatic carbocycles. The van der Waals surface area contributed by atoms with Gasteiger partial charge in [0.05, 0.1) is 6.21 Å². The van der Waals surface area contributed by atoms with Gasteiger partial charge in [-0.2, -0.15) is 5.10 Å². The summed E-state index contributed by atoms with van der Waals surface area (Å²) in [6.07, 6.45) is 3.13. The molecule has 0 spiro atoms. The topological polar surface area (TPSA) is 63.6 Å². The summed E-state index contributed by atoms with van der Waals surface area (Å²) in [5.74, 6) is 0.429. The van der Waals surface area contributed by atoms with Crippen molar-refractivity contribution >= 4 is 12.1 Å². The van der Waals surface area contributed by atoms with Crippen LogP contribution in [0.3, 0.4) is 0 Å². The minimum atomic E-state index is -0.348. The molecular weight excluding hydrogens is 314 g/mol. The van der Waals surface area contributed by atoms with E-state index >= 15 is 0 Å². The number of carbonyl (C=O) groups excluding carboxylic acids is 1. The third kappa shape index (κ3) is 5.00. The van der Waals surface area contributed by atoms with Gasteiger partial charge >= 0.3 is 0 Å². The maximum absolute atomic E-state index is 11.8. The van der Waals surface area contributed by atoms with Crippen molar-refractivity contribution < 1.29 is 9.53 Å². The number of hydrogen-bond donors (Lipinski definition) is 1. The maximum atomic E-state index is 11.8. The van der Waals surface area contributed by atoms with Crippen LogP contribution < -0.4 is 10.2 Å².